The molecule has 3 N–H and O–H groups in total. The molecule has 0 bridgehead atoms. The van der Waals surface area contributed by atoms with E-state index in [1.807, 2.05) is 12.1 Å². The molecule has 28 heavy (non-hydrogen) atoms. The van der Waals surface area contributed by atoms with Crippen LogP contribution in [-0.4, -0.2) is 36.2 Å². The summed E-state index contributed by atoms with van der Waals surface area (Å²) in [5, 5.41) is 21.4. The number of aliphatic hydroxyl groups is 1. The Hall–Kier alpha value is -1.96. The van der Waals surface area contributed by atoms with Gasteiger partial charge < -0.3 is 15.7 Å². The lowest BCUT2D eigenvalue weighted by Crippen LogP contribution is -2.40. The van der Waals surface area contributed by atoms with Crippen molar-refractivity contribution < 1.29 is 5.11 Å². The average Bonchev–Trinajstić information content (AvgIpc) is 3.30. The van der Waals surface area contributed by atoms with E-state index in [2.05, 4.69) is 60.0 Å². The molecular weight excluding hydrogens is 388 g/mol. The fourth-order valence-corrected chi connectivity index (χ4v) is 4.81. The first-order valence-electron chi connectivity index (χ1n) is 9.43. The van der Waals surface area contributed by atoms with Crippen LogP contribution in [0.4, 0.5) is 0 Å². The Balaban J connectivity index is 1.47. The summed E-state index contributed by atoms with van der Waals surface area (Å²) in [6, 6.07) is 10.2. The zero-order valence-corrected chi connectivity index (χ0v) is 18.5. The molecule has 0 aliphatic carbocycles. The predicted molar refractivity (Wildman–Crippen MR) is 121 cm³/mol. The van der Waals surface area contributed by atoms with E-state index in [1.54, 1.807) is 29.7 Å². The number of rotatable bonds is 6. The van der Waals surface area contributed by atoms with Crippen LogP contribution in [0, 0.1) is 0 Å². The minimum atomic E-state index is -0.566. The lowest BCUT2D eigenvalue weighted by atomic mass is 9.93. The van der Waals surface area contributed by atoms with Gasteiger partial charge in [-0.25, -0.2) is 4.98 Å². The van der Waals surface area contributed by atoms with Gasteiger partial charge in [-0.2, -0.15) is 0 Å². The lowest BCUT2D eigenvalue weighted by Gasteiger charge is -2.15. The van der Waals surface area contributed by atoms with Gasteiger partial charge in [0, 0.05) is 46.9 Å². The van der Waals surface area contributed by atoms with Gasteiger partial charge in [-0.05, 0) is 17.5 Å². The number of hydrogen-bond acceptors (Lipinski definition) is 5. The summed E-state index contributed by atoms with van der Waals surface area (Å²) in [5.74, 6) is 0.688. The van der Waals surface area contributed by atoms with Crippen molar-refractivity contribution >= 4 is 38.7 Å². The van der Waals surface area contributed by atoms with Crippen LogP contribution in [0.3, 0.4) is 0 Å². The summed E-state index contributed by atoms with van der Waals surface area (Å²) in [4.78, 5) is 9.92. The predicted octanol–water partition coefficient (Wildman–Crippen LogP) is 4.10. The number of fused-ring (bicyclic) bond motifs is 1. The Morgan fingerprint density at radius 3 is 2.71 bits per heavy atom. The third-order valence-electron chi connectivity index (χ3n) is 4.41. The smallest absolute Gasteiger partial charge is 0.191 e. The maximum absolute atomic E-state index is 10.5. The number of thiazole rings is 1. The Morgan fingerprint density at radius 2 is 2.04 bits per heavy atom. The molecule has 1 unspecified atom stereocenters. The van der Waals surface area contributed by atoms with Crippen LogP contribution in [-0.2, 0) is 11.8 Å². The number of benzene rings is 1. The molecule has 150 valence electrons. The van der Waals surface area contributed by atoms with E-state index in [-0.39, 0.29) is 5.41 Å². The number of nitrogens with one attached hydrogen (secondary N) is 2. The highest BCUT2D eigenvalue weighted by molar-refractivity contribution is 7.19. The largest absolute Gasteiger partial charge is 0.386 e. The fourth-order valence-electron chi connectivity index (χ4n) is 2.74. The van der Waals surface area contributed by atoms with Gasteiger partial charge in [0.2, 0.25) is 0 Å². The van der Waals surface area contributed by atoms with Gasteiger partial charge in [-0.3, -0.25) is 4.99 Å². The quantitative estimate of drug-likeness (QED) is 0.418. The van der Waals surface area contributed by atoms with Crippen molar-refractivity contribution in [3.63, 3.8) is 0 Å². The molecule has 0 spiro atoms. The summed E-state index contributed by atoms with van der Waals surface area (Å²) < 4.78 is 1.19. The molecule has 5 nitrogen and oxygen atoms in total. The summed E-state index contributed by atoms with van der Waals surface area (Å²) in [6.45, 7) is 7.70. The summed E-state index contributed by atoms with van der Waals surface area (Å²) in [5.41, 5.74) is 1.23. The Labute approximate surface area is 174 Å². The van der Waals surface area contributed by atoms with E-state index in [0.717, 1.165) is 28.5 Å². The average molecular weight is 417 g/mol. The highest BCUT2D eigenvalue weighted by atomic mass is 32.1. The molecule has 0 radical (unpaired) electrons. The summed E-state index contributed by atoms with van der Waals surface area (Å²) in [7, 11) is 1.74. The van der Waals surface area contributed by atoms with Crippen LogP contribution >= 0.6 is 22.7 Å². The Bertz CT molecular complexity index is 906. The summed E-state index contributed by atoms with van der Waals surface area (Å²) >= 11 is 3.33. The van der Waals surface area contributed by atoms with Crippen molar-refractivity contribution in [1.82, 2.24) is 15.6 Å². The monoisotopic (exact) mass is 416 g/mol. The second kappa shape index (κ2) is 9.03. The molecule has 0 fully saturated rings. The standard InChI is InChI=1S/C21H28N4OS2/c1-21(2,3)18-13-27-19(25-18)9-10-23-20(22-4)24-12-15(26)17-11-14-7-5-6-8-16(14)28-17/h5-8,11,13,15,26H,9-10,12H2,1-4H3,(H2,22,23,24). The Kier molecular flexibility index (Phi) is 6.69. The van der Waals surface area contributed by atoms with Gasteiger partial charge in [-0.1, -0.05) is 39.0 Å². The number of nitrogens with zero attached hydrogens (tertiary/aromatic N) is 2. The first-order chi connectivity index (χ1) is 13.4. The molecule has 1 aromatic carbocycles. The van der Waals surface area contributed by atoms with Gasteiger partial charge in [0.15, 0.2) is 5.96 Å². The van der Waals surface area contributed by atoms with E-state index in [0.29, 0.717) is 12.5 Å². The number of aliphatic hydroxyl groups excluding tert-OH is 1. The lowest BCUT2D eigenvalue weighted by molar-refractivity contribution is 0.184. The van der Waals surface area contributed by atoms with Crippen molar-refractivity contribution in [2.75, 3.05) is 20.1 Å². The normalized spacial score (nSPS) is 13.7. The van der Waals surface area contributed by atoms with Crippen LogP contribution in [0.2, 0.25) is 0 Å². The second-order valence-corrected chi connectivity index (χ2v) is 9.77. The fraction of sp³-hybridized carbons (Fsp3) is 0.429. The molecule has 0 saturated heterocycles. The zero-order chi connectivity index (χ0) is 20.1. The molecule has 3 aromatic rings. The van der Waals surface area contributed by atoms with Crippen molar-refractivity contribution in [1.29, 1.82) is 0 Å². The molecule has 0 saturated carbocycles. The van der Waals surface area contributed by atoms with Crippen LogP contribution in [0.5, 0.6) is 0 Å². The molecule has 1 atom stereocenters. The van der Waals surface area contributed by atoms with E-state index in [9.17, 15) is 5.11 Å². The first kappa shape index (κ1) is 20.8. The zero-order valence-electron chi connectivity index (χ0n) is 16.8. The SMILES string of the molecule is CN=C(NCCc1nc(C(C)(C)C)cs1)NCC(O)c1cc2ccccc2s1. The second-order valence-electron chi connectivity index (χ2n) is 7.71. The van der Waals surface area contributed by atoms with Crippen LogP contribution in [0.1, 0.15) is 42.5 Å². The third kappa shape index (κ3) is 5.31. The molecular formula is C21H28N4OS2. The molecule has 7 heteroatoms. The number of aromatic nitrogens is 1. The summed E-state index contributed by atoms with van der Waals surface area (Å²) in [6.07, 6.45) is 0.282. The Morgan fingerprint density at radius 1 is 1.25 bits per heavy atom. The van der Waals surface area contributed by atoms with E-state index >= 15 is 0 Å². The maximum atomic E-state index is 10.5. The molecule has 2 aromatic heterocycles. The number of aliphatic imine (C=N–C) groups is 1. The number of guanidine groups is 1. The molecule has 0 amide bonds. The van der Waals surface area contributed by atoms with Crippen molar-refractivity contribution in [2.45, 2.75) is 38.7 Å². The van der Waals surface area contributed by atoms with Crippen LogP contribution in [0.15, 0.2) is 40.7 Å². The molecule has 0 aliphatic rings. The van der Waals surface area contributed by atoms with E-state index < -0.39 is 6.10 Å². The third-order valence-corrected chi connectivity index (χ3v) is 6.54. The van der Waals surface area contributed by atoms with Crippen LogP contribution < -0.4 is 10.6 Å². The number of thiophene rings is 1. The first-order valence-corrected chi connectivity index (χ1v) is 11.1. The molecule has 3 rings (SSSR count). The van der Waals surface area contributed by atoms with Crippen molar-refractivity contribution in [2.24, 2.45) is 4.99 Å². The molecule has 2 heterocycles. The van der Waals surface area contributed by atoms with E-state index in [4.69, 9.17) is 4.98 Å². The maximum Gasteiger partial charge on any atom is 0.191 e. The highest BCUT2D eigenvalue weighted by Crippen LogP contribution is 2.29. The minimum absolute atomic E-state index is 0.0858. The van der Waals surface area contributed by atoms with Crippen molar-refractivity contribution in [3.05, 3.63) is 51.3 Å². The van der Waals surface area contributed by atoms with Crippen molar-refractivity contribution in [3.8, 4) is 0 Å². The van der Waals surface area contributed by atoms with Gasteiger partial charge in [0.05, 0.1) is 10.7 Å². The molecule has 0 aliphatic heterocycles. The number of hydrogen-bond donors (Lipinski definition) is 3. The van der Waals surface area contributed by atoms with Gasteiger partial charge in [-0.15, -0.1) is 22.7 Å². The van der Waals surface area contributed by atoms with Gasteiger partial charge in [0.1, 0.15) is 6.10 Å². The van der Waals surface area contributed by atoms with E-state index in [1.165, 1.54) is 10.1 Å². The van der Waals surface area contributed by atoms with Gasteiger partial charge in [0.25, 0.3) is 0 Å². The minimum Gasteiger partial charge on any atom is -0.386 e. The van der Waals surface area contributed by atoms with Gasteiger partial charge >= 0.3 is 0 Å². The topological polar surface area (TPSA) is 69.5 Å². The highest BCUT2D eigenvalue weighted by Gasteiger charge is 2.17. The van der Waals surface area contributed by atoms with Crippen LogP contribution in [0.25, 0.3) is 10.1 Å².